The lowest BCUT2D eigenvalue weighted by atomic mass is 10.1. The van der Waals surface area contributed by atoms with Crippen LogP contribution in [-0.4, -0.2) is 39.1 Å². The van der Waals surface area contributed by atoms with Gasteiger partial charge >= 0.3 is 0 Å². The van der Waals surface area contributed by atoms with E-state index in [2.05, 4.69) is 10.6 Å². The SMILES string of the molecule is CC[C@@H](C)NC(=O)c1ccccc1NC(=O)CCCN(c1cccc(Cl)c1C)S(C)(=O)=O. The first kappa shape index (κ1) is 25.7. The van der Waals surface area contributed by atoms with E-state index < -0.39 is 10.0 Å². The predicted octanol–water partition coefficient (Wildman–Crippen LogP) is 4.36. The second kappa shape index (κ2) is 11.3. The number of hydrogen-bond acceptors (Lipinski definition) is 4. The quantitative estimate of drug-likeness (QED) is 0.529. The summed E-state index contributed by atoms with van der Waals surface area (Å²) in [6.07, 6.45) is 2.31. The van der Waals surface area contributed by atoms with Crippen LogP contribution in [0.5, 0.6) is 0 Å². The van der Waals surface area contributed by atoms with Crippen LogP contribution in [0.2, 0.25) is 5.02 Å². The van der Waals surface area contributed by atoms with Crippen molar-refractivity contribution in [3.8, 4) is 0 Å². The van der Waals surface area contributed by atoms with Gasteiger partial charge in [0.25, 0.3) is 5.91 Å². The van der Waals surface area contributed by atoms with Crippen molar-refractivity contribution in [2.45, 2.75) is 46.1 Å². The maximum atomic E-state index is 12.5. The Bertz CT molecular complexity index is 1070. The molecule has 2 N–H and O–H groups in total. The highest BCUT2D eigenvalue weighted by molar-refractivity contribution is 7.92. The van der Waals surface area contributed by atoms with Gasteiger partial charge in [0.05, 0.1) is 23.2 Å². The third-order valence-electron chi connectivity index (χ3n) is 5.11. The van der Waals surface area contributed by atoms with E-state index in [1.807, 2.05) is 13.8 Å². The van der Waals surface area contributed by atoms with Crippen LogP contribution in [0.3, 0.4) is 0 Å². The van der Waals surface area contributed by atoms with Crippen molar-refractivity contribution in [2.75, 3.05) is 22.4 Å². The number of nitrogens with zero attached hydrogens (tertiary/aromatic N) is 1. The Morgan fingerprint density at radius 2 is 1.81 bits per heavy atom. The van der Waals surface area contributed by atoms with Crippen LogP contribution >= 0.6 is 11.6 Å². The van der Waals surface area contributed by atoms with E-state index >= 15 is 0 Å². The molecule has 2 rings (SSSR count). The van der Waals surface area contributed by atoms with Gasteiger partial charge in [-0.2, -0.15) is 0 Å². The van der Waals surface area contributed by atoms with E-state index in [1.54, 1.807) is 49.4 Å². The molecule has 0 aliphatic heterocycles. The molecule has 0 spiro atoms. The van der Waals surface area contributed by atoms with Crippen LogP contribution < -0.4 is 14.9 Å². The van der Waals surface area contributed by atoms with Crippen LogP contribution in [0.15, 0.2) is 42.5 Å². The number of carbonyl (C=O) groups excluding carboxylic acids is 2. The molecule has 32 heavy (non-hydrogen) atoms. The minimum atomic E-state index is -3.56. The number of halogens is 1. The molecule has 0 aliphatic carbocycles. The summed E-state index contributed by atoms with van der Waals surface area (Å²) in [4.78, 5) is 25.0. The van der Waals surface area contributed by atoms with E-state index in [-0.39, 0.29) is 30.8 Å². The Balaban J connectivity index is 2.05. The Labute approximate surface area is 195 Å². The molecule has 0 fully saturated rings. The second-order valence-corrected chi connectivity index (χ2v) is 10.0. The third-order valence-corrected chi connectivity index (χ3v) is 6.70. The zero-order valence-electron chi connectivity index (χ0n) is 18.8. The summed E-state index contributed by atoms with van der Waals surface area (Å²) in [5.74, 6) is -0.556. The summed E-state index contributed by atoms with van der Waals surface area (Å²) in [6, 6.07) is 11.9. The van der Waals surface area contributed by atoms with Gasteiger partial charge in [0.1, 0.15) is 0 Å². The summed E-state index contributed by atoms with van der Waals surface area (Å²) in [6.45, 7) is 5.77. The van der Waals surface area contributed by atoms with Gasteiger partial charge in [0.2, 0.25) is 15.9 Å². The van der Waals surface area contributed by atoms with Crippen molar-refractivity contribution < 1.29 is 18.0 Å². The molecular formula is C23H30ClN3O4S. The van der Waals surface area contributed by atoms with E-state index in [0.717, 1.165) is 12.7 Å². The first-order chi connectivity index (χ1) is 15.0. The normalized spacial score (nSPS) is 12.2. The predicted molar refractivity (Wildman–Crippen MR) is 130 cm³/mol. The van der Waals surface area contributed by atoms with Crippen LogP contribution in [-0.2, 0) is 14.8 Å². The number of amides is 2. The lowest BCUT2D eigenvalue weighted by Crippen LogP contribution is -2.33. The molecule has 2 amide bonds. The number of benzene rings is 2. The number of nitrogens with one attached hydrogen (secondary N) is 2. The Morgan fingerprint density at radius 3 is 2.47 bits per heavy atom. The van der Waals surface area contributed by atoms with Crippen molar-refractivity contribution in [1.29, 1.82) is 0 Å². The number of rotatable bonds is 10. The number of sulfonamides is 1. The van der Waals surface area contributed by atoms with Gasteiger partial charge < -0.3 is 10.6 Å². The van der Waals surface area contributed by atoms with Crippen molar-refractivity contribution in [1.82, 2.24) is 5.32 Å². The van der Waals surface area contributed by atoms with E-state index in [9.17, 15) is 18.0 Å². The average Bonchev–Trinajstić information content (AvgIpc) is 2.73. The molecule has 2 aromatic rings. The molecule has 0 saturated heterocycles. The zero-order chi connectivity index (χ0) is 23.9. The van der Waals surface area contributed by atoms with Crippen LogP contribution in [0.25, 0.3) is 0 Å². The Morgan fingerprint density at radius 1 is 1.12 bits per heavy atom. The lowest BCUT2D eigenvalue weighted by molar-refractivity contribution is -0.116. The van der Waals surface area contributed by atoms with Gasteiger partial charge in [0, 0.05) is 24.0 Å². The van der Waals surface area contributed by atoms with Gasteiger partial charge in [-0.15, -0.1) is 0 Å². The molecule has 0 saturated carbocycles. The molecule has 1 atom stereocenters. The van der Waals surface area contributed by atoms with Gasteiger partial charge in [-0.3, -0.25) is 13.9 Å². The van der Waals surface area contributed by atoms with Gasteiger partial charge in [-0.1, -0.05) is 36.7 Å². The summed E-state index contributed by atoms with van der Waals surface area (Å²) in [5, 5.41) is 6.13. The fourth-order valence-electron chi connectivity index (χ4n) is 3.12. The molecule has 0 heterocycles. The second-order valence-electron chi connectivity index (χ2n) is 7.70. The first-order valence-electron chi connectivity index (χ1n) is 10.5. The summed E-state index contributed by atoms with van der Waals surface area (Å²) in [7, 11) is -3.56. The fraction of sp³-hybridized carbons (Fsp3) is 0.391. The molecule has 174 valence electrons. The summed E-state index contributed by atoms with van der Waals surface area (Å²) < 4.78 is 25.9. The van der Waals surface area contributed by atoms with E-state index in [1.165, 1.54) is 4.31 Å². The monoisotopic (exact) mass is 479 g/mol. The smallest absolute Gasteiger partial charge is 0.253 e. The maximum absolute atomic E-state index is 12.5. The van der Waals surface area contributed by atoms with Crippen molar-refractivity contribution in [3.05, 3.63) is 58.6 Å². The highest BCUT2D eigenvalue weighted by Gasteiger charge is 2.21. The van der Waals surface area contributed by atoms with E-state index in [4.69, 9.17) is 11.6 Å². The topological polar surface area (TPSA) is 95.6 Å². The largest absolute Gasteiger partial charge is 0.350 e. The molecule has 0 bridgehead atoms. The zero-order valence-corrected chi connectivity index (χ0v) is 20.4. The molecule has 9 heteroatoms. The third kappa shape index (κ3) is 6.97. The van der Waals surface area contributed by atoms with Crippen molar-refractivity contribution in [2.24, 2.45) is 0 Å². The first-order valence-corrected chi connectivity index (χ1v) is 12.7. The maximum Gasteiger partial charge on any atom is 0.253 e. The minimum Gasteiger partial charge on any atom is -0.350 e. The molecule has 0 aliphatic rings. The van der Waals surface area contributed by atoms with Gasteiger partial charge in [-0.25, -0.2) is 8.42 Å². The summed E-state index contributed by atoms with van der Waals surface area (Å²) in [5.41, 5.74) is 1.95. The van der Waals surface area contributed by atoms with Crippen molar-refractivity contribution >= 4 is 44.8 Å². The molecule has 0 aromatic heterocycles. The summed E-state index contributed by atoms with van der Waals surface area (Å²) >= 11 is 6.15. The molecule has 7 nitrogen and oxygen atoms in total. The van der Waals surface area contributed by atoms with Crippen molar-refractivity contribution in [3.63, 3.8) is 0 Å². The number of carbonyl (C=O) groups is 2. The molecule has 0 radical (unpaired) electrons. The molecule has 0 unspecified atom stereocenters. The number of para-hydroxylation sites is 1. The van der Waals surface area contributed by atoms with Gasteiger partial charge in [0.15, 0.2) is 0 Å². The average molecular weight is 480 g/mol. The Kier molecular flexibility index (Phi) is 9.09. The highest BCUT2D eigenvalue weighted by Crippen LogP contribution is 2.28. The van der Waals surface area contributed by atoms with E-state index in [0.29, 0.717) is 33.9 Å². The molecular weight excluding hydrogens is 450 g/mol. The van der Waals surface area contributed by atoms with Crippen LogP contribution in [0.1, 0.15) is 49.0 Å². The highest BCUT2D eigenvalue weighted by atomic mass is 35.5. The lowest BCUT2D eigenvalue weighted by Gasteiger charge is -2.24. The van der Waals surface area contributed by atoms with Crippen LogP contribution in [0, 0.1) is 6.92 Å². The standard InChI is InChI=1S/C23H30ClN3O4S/c1-5-16(2)25-23(29)18-10-6-7-12-20(18)26-22(28)14-9-15-27(32(4,30)31)21-13-8-11-19(24)17(21)3/h6-8,10-13,16H,5,9,14-15H2,1-4H3,(H,25,29)(H,26,28)/t16-/m1/s1. The van der Waals surface area contributed by atoms with Crippen LogP contribution in [0.4, 0.5) is 11.4 Å². The number of hydrogen-bond donors (Lipinski definition) is 2. The Hall–Kier alpha value is -2.58. The molecule has 2 aromatic carbocycles. The minimum absolute atomic E-state index is 0.0168. The fourth-order valence-corrected chi connectivity index (χ4v) is 4.31. The van der Waals surface area contributed by atoms with Gasteiger partial charge in [-0.05, 0) is 56.5 Å². The number of anilines is 2.